The first-order valence-corrected chi connectivity index (χ1v) is 11.0. The Labute approximate surface area is 201 Å². The van der Waals surface area contributed by atoms with Gasteiger partial charge in [-0.15, -0.1) is 0 Å². The van der Waals surface area contributed by atoms with Crippen LogP contribution in [0.1, 0.15) is 16.8 Å². The van der Waals surface area contributed by atoms with E-state index >= 15 is 0 Å². The second kappa shape index (κ2) is 9.60. The average molecular weight is 466 g/mol. The number of aromatic nitrogens is 5. The van der Waals surface area contributed by atoms with Gasteiger partial charge in [0.15, 0.2) is 5.65 Å². The number of amides is 2. The Hall–Kier alpha value is -4.79. The van der Waals surface area contributed by atoms with E-state index in [-0.39, 0.29) is 0 Å². The number of hydrogen-bond donors (Lipinski definition) is 2. The van der Waals surface area contributed by atoms with E-state index in [9.17, 15) is 4.79 Å². The fourth-order valence-electron chi connectivity index (χ4n) is 3.71. The van der Waals surface area contributed by atoms with Crippen molar-refractivity contribution >= 4 is 28.6 Å². The molecule has 0 saturated heterocycles. The lowest BCUT2D eigenvalue weighted by Gasteiger charge is -2.10. The number of carbonyl (C=O) groups is 1. The number of anilines is 2. The highest BCUT2D eigenvalue weighted by Crippen LogP contribution is 2.24. The lowest BCUT2D eigenvalue weighted by atomic mass is 10.1. The number of nitrogens with one attached hydrogen (secondary N) is 2. The molecule has 0 bridgehead atoms. The Kier molecular flexibility index (Phi) is 6.04. The summed E-state index contributed by atoms with van der Waals surface area (Å²) in [5.74, 6) is 1.05. The van der Waals surface area contributed by atoms with Gasteiger partial charge in [0.2, 0.25) is 0 Å². The zero-order valence-corrected chi connectivity index (χ0v) is 19.3. The van der Waals surface area contributed by atoms with Crippen LogP contribution in [0.3, 0.4) is 0 Å². The quantitative estimate of drug-likeness (QED) is 0.363. The Balaban J connectivity index is 1.26. The summed E-state index contributed by atoms with van der Waals surface area (Å²) in [6.45, 7) is 4.44. The van der Waals surface area contributed by atoms with Crippen molar-refractivity contribution in [3.63, 3.8) is 0 Å². The van der Waals surface area contributed by atoms with E-state index < -0.39 is 6.03 Å². The predicted molar refractivity (Wildman–Crippen MR) is 134 cm³/mol. The van der Waals surface area contributed by atoms with Crippen LogP contribution < -0.4 is 15.4 Å². The minimum Gasteiger partial charge on any atom is -0.487 e. The van der Waals surface area contributed by atoms with E-state index in [0.29, 0.717) is 34.9 Å². The first kappa shape index (κ1) is 22.0. The predicted octanol–water partition coefficient (Wildman–Crippen LogP) is 5.05. The number of carbonyl (C=O) groups excluding carboxylic acids is 1. The Morgan fingerprint density at radius 3 is 2.60 bits per heavy atom. The smallest absolute Gasteiger partial charge is 0.324 e. The van der Waals surface area contributed by atoms with Crippen molar-refractivity contribution in [2.45, 2.75) is 20.5 Å². The van der Waals surface area contributed by atoms with Gasteiger partial charge in [-0.05, 0) is 61.9 Å². The second-order valence-electron chi connectivity index (χ2n) is 8.02. The van der Waals surface area contributed by atoms with Crippen LogP contribution in [-0.4, -0.2) is 30.8 Å². The maximum Gasteiger partial charge on any atom is 0.324 e. The molecule has 35 heavy (non-hydrogen) atoms. The number of nitrogens with zero attached hydrogens (tertiary/aromatic N) is 5. The lowest BCUT2D eigenvalue weighted by Crippen LogP contribution is -2.20. The molecular weight excluding hydrogens is 442 g/mol. The van der Waals surface area contributed by atoms with Crippen LogP contribution in [-0.2, 0) is 6.61 Å². The van der Waals surface area contributed by atoms with Crippen LogP contribution in [0.25, 0.3) is 16.7 Å². The van der Waals surface area contributed by atoms with Crippen LogP contribution in [0.5, 0.6) is 5.75 Å². The molecule has 0 unspecified atom stereocenters. The Morgan fingerprint density at radius 2 is 1.83 bits per heavy atom. The summed E-state index contributed by atoms with van der Waals surface area (Å²) < 4.78 is 7.48. The number of aryl methyl sites for hydroxylation is 2. The van der Waals surface area contributed by atoms with Gasteiger partial charge in [0.25, 0.3) is 0 Å². The number of hydrogen-bond acceptors (Lipinski definition) is 6. The van der Waals surface area contributed by atoms with E-state index in [1.165, 1.54) is 11.9 Å². The second-order valence-corrected chi connectivity index (χ2v) is 8.02. The monoisotopic (exact) mass is 465 g/mol. The Morgan fingerprint density at radius 1 is 0.971 bits per heavy atom. The van der Waals surface area contributed by atoms with E-state index in [1.54, 1.807) is 41.3 Å². The average Bonchev–Trinajstić information content (AvgIpc) is 3.29. The first-order valence-electron chi connectivity index (χ1n) is 11.0. The molecule has 2 aromatic carbocycles. The third kappa shape index (κ3) is 4.93. The summed E-state index contributed by atoms with van der Waals surface area (Å²) in [6.07, 6.45) is 4.79. The van der Waals surface area contributed by atoms with Crippen molar-refractivity contribution in [2.24, 2.45) is 0 Å². The van der Waals surface area contributed by atoms with Crippen molar-refractivity contribution in [3.05, 3.63) is 96.2 Å². The molecule has 5 aromatic rings. The molecule has 0 aliphatic rings. The van der Waals surface area contributed by atoms with Gasteiger partial charge >= 0.3 is 6.03 Å². The van der Waals surface area contributed by atoms with E-state index in [1.807, 2.05) is 44.2 Å². The summed E-state index contributed by atoms with van der Waals surface area (Å²) in [4.78, 5) is 25.5. The van der Waals surface area contributed by atoms with E-state index in [4.69, 9.17) is 4.74 Å². The summed E-state index contributed by atoms with van der Waals surface area (Å²) in [6, 6.07) is 18.5. The number of urea groups is 1. The molecule has 2 N–H and O–H groups in total. The molecule has 0 fully saturated rings. The number of ether oxygens (including phenoxy) is 1. The van der Waals surface area contributed by atoms with Gasteiger partial charge in [-0.2, -0.15) is 5.10 Å². The standard InChI is InChI=1S/C26H23N7O2/c1-17-6-11-23(18(2)13-17)33-25-22(14-30-33)24(28-16-29-25)32-26(34)31-19-7-9-21(10-8-19)35-15-20-5-3-4-12-27-20/h3-14,16H,15H2,1-2H3,(H2,28,29,31,32,34). The highest BCUT2D eigenvalue weighted by atomic mass is 16.5. The first-order chi connectivity index (χ1) is 17.1. The minimum absolute atomic E-state index is 0.369. The Bertz CT molecular complexity index is 1480. The summed E-state index contributed by atoms with van der Waals surface area (Å²) in [7, 11) is 0. The third-order valence-electron chi connectivity index (χ3n) is 5.40. The fourth-order valence-corrected chi connectivity index (χ4v) is 3.71. The third-order valence-corrected chi connectivity index (χ3v) is 5.40. The van der Waals surface area contributed by atoms with Crippen LogP contribution in [0.4, 0.5) is 16.3 Å². The van der Waals surface area contributed by atoms with Gasteiger partial charge in [0.05, 0.1) is 23.0 Å². The molecule has 0 aliphatic heterocycles. The van der Waals surface area contributed by atoms with Gasteiger partial charge in [-0.25, -0.2) is 19.4 Å². The molecule has 0 atom stereocenters. The molecule has 3 heterocycles. The molecule has 3 aromatic heterocycles. The van der Waals surface area contributed by atoms with Gasteiger partial charge in [0.1, 0.15) is 24.5 Å². The topological polar surface area (TPSA) is 107 Å². The molecule has 5 rings (SSSR count). The molecular formula is C26H23N7O2. The maximum absolute atomic E-state index is 12.6. The molecule has 9 nitrogen and oxygen atoms in total. The minimum atomic E-state index is -0.425. The van der Waals surface area contributed by atoms with Gasteiger partial charge in [-0.3, -0.25) is 10.3 Å². The molecule has 174 valence electrons. The highest BCUT2D eigenvalue weighted by Gasteiger charge is 2.14. The van der Waals surface area contributed by atoms with Crippen molar-refractivity contribution < 1.29 is 9.53 Å². The summed E-state index contributed by atoms with van der Waals surface area (Å²) in [5, 5.41) is 10.7. The zero-order valence-electron chi connectivity index (χ0n) is 19.3. The van der Waals surface area contributed by atoms with E-state index in [2.05, 4.69) is 36.8 Å². The van der Waals surface area contributed by atoms with Gasteiger partial charge < -0.3 is 10.1 Å². The molecule has 0 spiro atoms. The molecule has 0 aliphatic carbocycles. The van der Waals surface area contributed by atoms with Gasteiger partial charge in [0, 0.05) is 11.9 Å². The van der Waals surface area contributed by atoms with Crippen molar-refractivity contribution in [3.8, 4) is 11.4 Å². The molecule has 0 radical (unpaired) electrons. The van der Waals surface area contributed by atoms with Crippen LogP contribution >= 0.6 is 0 Å². The van der Waals surface area contributed by atoms with Crippen molar-refractivity contribution in [1.82, 2.24) is 24.7 Å². The maximum atomic E-state index is 12.6. The van der Waals surface area contributed by atoms with Crippen LogP contribution in [0.15, 0.2) is 79.4 Å². The molecule has 0 saturated carbocycles. The zero-order chi connectivity index (χ0) is 24.2. The van der Waals surface area contributed by atoms with Crippen molar-refractivity contribution in [1.29, 1.82) is 0 Å². The SMILES string of the molecule is Cc1ccc(-n2ncc3c(NC(=O)Nc4ccc(OCc5ccccn5)cc4)ncnc32)c(C)c1. The van der Waals surface area contributed by atoms with E-state index in [0.717, 1.165) is 16.9 Å². The normalized spacial score (nSPS) is 10.8. The molecule has 2 amide bonds. The van der Waals surface area contributed by atoms with Crippen LogP contribution in [0.2, 0.25) is 0 Å². The number of fused-ring (bicyclic) bond motifs is 1. The van der Waals surface area contributed by atoms with Crippen LogP contribution in [0, 0.1) is 13.8 Å². The summed E-state index contributed by atoms with van der Waals surface area (Å²) in [5.41, 5.74) is 5.23. The van der Waals surface area contributed by atoms with Crippen molar-refractivity contribution in [2.75, 3.05) is 10.6 Å². The fraction of sp³-hybridized carbons (Fsp3) is 0.115. The number of rotatable bonds is 6. The summed E-state index contributed by atoms with van der Waals surface area (Å²) >= 11 is 0. The number of pyridine rings is 1. The molecule has 9 heteroatoms. The highest BCUT2D eigenvalue weighted by molar-refractivity contribution is 6.03. The number of benzene rings is 2. The lowest BCUT2D eigenvalue weighted by molar-refractivity contribution is 0.262. The largest absolute Gasteiger partial charge is 0.487 e. The van der Waals surface area contributed by atoms with Gasteiger partial charge in [-0.1, -0.05) is 23.8 Å².